The first-order chi connectivity index (χ1) is 11.2. The average Bonchev–Trinajstić information content (AvgIpc) is 3.20. The monoisotopic (exact) mass is 358 g/mol. The molecule has 2 aliphatic heterocycles. The maximum absolute atomic E-state index is 11.6. The van der Waals surface area contributed by atoms with E-state index in [-0.39, 0.29) is 11.9 Å². The predicted molar refractivity (Wildman–Crippen MR) is 94.0 cm³/mol. The summed E-state index contributed by atoms with van der Waals surface area (Å²) in [5, 5.41) is 1.03. The van der Waals surface area contributed by atoms with E-state index in [1.165, 1.54) is 23.5 Å². The van der Waals surface area contributed by atoms with Crippen LogP contribution < -0.4 is 0 Å². The molecule has 0 unspecified atom stereocenters. The van der Waals surface area contributed by atoms with Gasteiger partial charge in [0.2, 0.25) is 0 Å². The number of esters is 2. The smallest absolute Gasteiger partial charge is 0.312 e. The summed E-state index contributed by atoms with van der Waals surface area (Å²) >= 11 is 2.98. The summed E-state index contributed by atoms with van der Waals surface area (Å²) in [6.07, 6.45) is 5.42. The lowest BCUT2D eigenvalue weighted by atomic mass is 10.1. The predicted octanol–water partition coefficient (Wildman–Crippen LogP) is 3.01. The molecule has 128 valence electrons. The third kappa shape index (κ3) is 7.87. The summed E-state index contributed by atoms with van der Waals surface area (Å²) in [5.74, 6) is 1.40. The van der Waals surface area contributed by atoms with Gasteiger partial charge in [0, 0.05) is 24.3 Å². The van der Waals surface area contributed by atoms with Gasteiger partial charge in [0.1, 0.15) is 0 Å². The van der Waals surface area contributed by atoms with Crippen molar-refractivity contribution >= 4 is 45.9 Å². The number of ether oxygens (including phenoxy) is 2. The molecule has 0 aromatic heterocycles. The highest BCUT2D eigenvalue weighted by molar-refractivity contribution is 8.14. The van der Waals surface area contributed by atoms with Crippen molar-refractivity contribution in [2.45, 2.75) is 44.9 Å². The Labute approximate surface area is 144 Å². The Morgan fingerprint density at radius 1 is 0.783 bits per heavy atom. The van der Waals surface area contributed by atoms with Gasteiger partial charge in [-0.25, -0.2) is 9.98 Å². The quantitative estimate of drug-likeness (QED) is 0.490. The van der Waals surface area contributed by atoms with Crippen LogP contribution in [0.2, 0.25) is 0 Å². The van der Waals surface area contributed by atoms with E-state index in [0.717, 1.165) is 56.7 Å². The number of carbonyl (C=O) groups is 2. The molecule has 0 N–H and O–H groups in total. The van der Waals surface area contributed by atoms with E-state index in [4.69, 9.17) is 9.47 Å². The van der Waals surface area contributed by atoms with Crippen LogP contribution in [0.4, 0.5) is 0 Å². The van der Waals surface area contributed by atoms with Gasteiger partial charge in [0.05, 0.1) is 13.1 Å². The Bertz CT molecular complexity index is 438. The summed E-state index contributed by atoms with van der Waals surface area (Å²) < 4.78 is 10.3. The molecule has 0 fully saturated rings. The van der Waals surface area contributed by atoms with E-state index < -0.39 is 0 Å². The molecule has 0 radical (unpaired) electrons. The maximum atomic E-state index is 11.6. The first-order valence-corrected chi connectivity index (χ1v) is 9.97. The number of unbranched alkanes of at least 4 members (excludes halogenated alkanes) is 4. The van der Waals surface area contributed by atoms with Crippen molar-refractivity contribution in [3.05, 3.63) is 0 Å². The van der Waals surface area contributed by atoms with Gasteiger partial charge >= 0.3 is 11.9 Å². The second-order valence-corrected chi connectivity index (χ2v) is 7.30. The Morgan fingerprint density at radius 2 is 1.22 bits per heavy atom. The van der Waals surface area contributed by atoms with Crippen molar-refractivity contribution in [2.75, 3.05) is 24.6 Å². The molecular formula is C15H22N2O4S2. The van der Waals surface area contributed by atoms with Crippen LogP contribution in [0.25, 0.3) is 0 Å². The molecule has 2 heterocycles. The number of rotatable bonds is 8. The van der Waals surface area contributed by atoms with Crippen LogP contribution >= 0.6 is 23.5 Å². The molecule has 2 aliphatic rings. The molecule has 2 rings (SSSR count). The Balaban J connectivity index is 1.40. The Kier molecular flexibility index (Phi) is 8.52. The highest BCUT2D eigenvalue weighted by Gasteiger charge is 2.14. The van der Waals surface area contributed by atoms with Gasteiger partial charge < -0.3 is 9.47 Å². The fourth-order valence-corrected chi connectivity index (χ4v) is 3.50. The third-order valence-corrected chi connectivity index (χ3v) is 4.97. The second kappa shape index (κ2) is 10.7. The van der Waals surface area contributed by atoms with Crippen molar-refractivity contribution in [3.8, 4) is 0 Å². The van der Waals surface area contributed by atoms with Crippen LogP contribution in [0.15, 0.2) is 9.98 Å². The van der Waals surface area contributed by atoms with E-state index in [1.54, 1.807) is 0 Å². The van der Waals surface area contributed by atoms with Crippen LogP contribution in [0.1, 0.15) is 44.9 Å². The van der Waals surface area contributed by atoms with E-state index in [0.29, 0.717) is 23.3 Å². The molecule has 6 nitrogen and oxygen atoms in total. The number of hydrogen-bond acceptors (Lipinski definition) is 8. The summed E-state index contributed by atoms with van der Waals surface area (Å²) in [4.78, 5) is 31.3. The molecule has 0 aromatic rings. The van der Waals surface area contributed by atoms with Crippen LogP contribution in [-0.2, 0) is 19.1 Å². The number of aliphatic imine (C=N–C) groups is 2. The molecule has 23 heavy (non-hydrogen) atoms. The zero-order chi connectivity index (χ0) is 16.3. The SMILES string of the molecule is O=C(CCCCCCCC(=O)OC1=NCCS1)OC1=NCCS1. The lowest BCUT2D eigenvalue weighted by Gasteiger charge is -2.04. The molecule has 0 saturated carbocycles. The highest BCUT2D eigenvalue weighted by atomic mass is 32.2. The fourth-order valence-electron chi connectivity index (χ4n) is 2.12. The summed E-state index contributed by atoms with van der Waals surface area (Å²) in [7, 11) is 0. The fraction of sp³-hybridized carbons (Fsp3) is 0.733. The Hall–Kier alpha value is -1.02. The van der Waals surface area contributed by atoms with Crippen LogP contribution in [0.5, 0.6) is 0 Å². The average molecular weight is 358 g/mol. The minimum absolute atomic E-state index is 0.198. The van der Waals surface area contributed by atoms with Crippen molar-refractivity contribution in [3.63, 3.8) is 0 Å². The first-order valence-electron chi connectivity index (χ1n) is 8.00. The van der Waals surface area contributed by atoms with E-state index in [9.17, 15) is 9.59 Å². The number of nitrogens with zero attached hydrogens (tertiary/aromatic N) is 2. The molecule has 0 aliphatic carbocycles. The largest absolute Gasteiger partial charge is 0.401 e. The Morgan fingerprint density at radius 3 is 1.61 bits per heavy atom. The standard InChI is InChI=1S/C15H22N2O4S2/c18-12(20-14-16-8-10-22-14)6-4-2-1-3-5-7-13(19)21-15-17-9-11-23-15/h1-11H2. The van der Waals surface area contributed by atoms with Gasteiger partial charge in [-0.3, -0.25) is 9.59 Å². The minimum Gasteiger partial charge on any atom is -0.401 e. The van der Waals surface area contributed by atoms with Gasteiger partial charge in [-0.15, -0.1) is 0 Å². The lowest BCUT2D eigenvalue weighted by Crippen LogP contribution is -2.08. The topological polar surface area (TPSA) is 77.3 Å². The van der Waals surface area contributed by atoms with E-state index in [2.05, 4.69) is 9.98 Å². The summed E-state index contributed by atoms with van der Waals surface area (Å²) in [6, 6.07) is 0. The molecule has 0 bridgehead atoms. The van der Waals surface area contributed by atoms with Gasteiger partial charge in [0.25, 0.3) is 10.5 Å². The normalized spacial score (nSPS) is 16.9. The van der Waals surface area contributed by atoms with Gasteiger partial charge in [-0.05, 0) is 12.8 Å². The zero-order valence-electron chi connectivity index (χ0n) is 13.1. The van der Waals surface area contributed by atoms with Gasteiger partial charge in [-0.1, -0.05) is 42.8 Å². The van der Waals surface area contributed by atoms with Gasteiger partial charge in [-0.2, -0.15) is 0 Å². The minimum atomic E-state index is -0.198. The van der Waals surface area contributed by atoms with Crippen molar-refractivity contribution in [2.24, 2.45) is 9.98 Å². The third-order valence-electron chi connectivity index (χ3n) is 3.28. The van der Waals surface area contributed by atoms with Crippen molar-refractivity contribution in [1.82, 2.24) is 0 Å². The molecule has 0 spiro atoms. The van der Waals surface area contributed by atoms with E-state index >= 15 is 0 Å². The van der Waals surface area contributed by atoms with Gasteiger partial charge in [0.15, 0.2) is 0 Å². The van der Waals surface area contributed by atoms with Crippen LogP contribution in [-0.4, -0.2) is 47.0 Å². The van der Waals surface area contributed by atoms with Crippen molar-refractivity contribution < 1.29 is 19.1 Å². The first kappa shape index (κ1) is 18.3. The highest BCUT2D eigenvalue weighted by Crippen LogP contribution is 2.15. The van der Waals surface area contributed by atoms with E-state index in [1.807, 2.05) is 0 Å². The number of thioether (sulfide) groups is 2. The summed E-state index contributed by atoms with van der Waals surface area (Å²) in [5.41, 5.74) is 0. The molecule has 0 atom stereocenters. The number of hydrogen-bond donors (Lipinski definition) is 0. The van der Waals surface area contributed by atoms with Crippen LogP contribution in [0.3, 0.4) is 0 Å². The second-order valence-electron chi connectivity index (χ2n) is 5.21. The van der Waals surface area contributed by atoms with Crippen LogP contribution in [0, 0.1) is 0 Å². The number of carbonyl (C=O) groups excluding carboxylic acids is 2. The molecule has 0 saturated heterocycles. The molecule has 8 heteroatoms. The zero-order valence-corrected chi connectivity index (χ0v) is 14.8. The maximum Gasteiger partial charge on any atom is 0.312 e. The molecule has 0 amide bonds. The molecular weight excluding hydrogens is 336 g/mol. The lowest BCUT2D eigenvalue weighted by molar-refractivity contribution is -0.136. The molecule has 0 aromatic carbocycles. The summed E-state index contributed by atoms with van der Waals surface area (Å²) in [6.45, 7) is 1.48. The van der Waals surface area contributed by atoms with Crippen molar-refractivity contribution in [1.29, 1.82) is 0 Å².